The van der Waals surface area contributed by atoms with Gasteiger partial charge in [0, 0.05) is 25.8 Å². The molecule has 0 fully saturated rings. The Morgan fingerprint density at radius 2 is 2.22 bits per heavy atom. The molecule has 0 aromatic carbocycles. The quantitative estimate of drug-likeness (QED) is 0.281. The number of aliphatic hydroxyl groups is 1. The zero-order chi connectivity index (χ0) is 19.8. The number of aliphatic hydroxyl groups excluding tert-OH is 1. The summed E-state index contributed by atoms with van der Waals surface area (Å²) < 4.78 is 1.68. The minimum atomic E-state index is -0.749. The van der Waals surface area contributed by atoms with Crippen molar-refractivity contribution in [2.75, 3.05) is 17.2 Å². The largest absolute Gasteiger partial charge is 0.375 e. The third kappa shape index (κ3) is 6.86. The first-order valence-corrected chi connectivity index (χ1v) is 8.70. The minimum absolute atomic E-state index is 0.0346. The molecule has 0 saturated carbocycles. The molecule has 8 nitrogen and oxygen atoms in total. The van der Waals surface area contributed by atoms with Crippen LogP contribution in [-0.4, -0.2) is 43.7 Å². The van der Waals surface area contributed by atoms with Crippen LogP contribution in [0.1, 0.15) is 6.92 Å². The van der Waals surface area contributed by atoms with E-state index < -0.39 is 6.23 Å². The van der Waals surface area contributed by atoms with Gasteiger partial charge in [-0.2, -0.15) is 10.1 Å². The zero-order valence-corrected chi connectivity index (χ0v) is 16.1. The number of aromatic nitrogens is 4. The van der Waals surface area contributed by atoms with Crippen molar-refractivity contribution in [2.24, 2.45) is 7.05 Å². The average Bonchev–Trinajstić information content (AvgIpc) is 3.05. The van der Waals surface area contributed by atoms with Crippen LogP contribution in [-0.2, 0) is 7.05 Å². The number of hydrogen-bond donors (Lipinski definition) is 4. The monoisotopic (exact) mass is 389 g/mol. The Morgan fingerprint density at radius 3 is 2.89 bits per heavy atom. The van der Waals surface area contributed by atoms with Crippen LogP contribution in [0.2, 0.25) is 5.02 Å². The van der Waals surface area contributed by atoms with Crippen LogP contribution in [0.4, 0.5) is 17.5 Å². The molecule has 0 spiro atoms. The molecular weight excluding hydrogens is 366 g/mol. The second-order valence-corrected chi connectivity index (χ2v) is 6.33. The number of halogens is 1. The highest BCUT2D eigenvalue weighted by Gasteiger charge is 2.07. The molecule has 0 saturated heterocycles. The van der Waals surface area contributed by atoms with Crippen LogP contribution in [0.25, 0.3) is 0 Å². The fourth-order valence-electron chi connectivity index (χ4n) is 2.10. The maximum Gasteiger partial charge on any atom is 0.229 e. The fraction of sp³-hybridized carbons (Fsp3) is 0.278. The van der Waals surface area contributed by atoms with Crippen molar-refractivity contribution in [3.8, 4) is 0 Å². The van der Waals surface area contributed by atoms with E-state index in [9.17, 15) is 5.11 Å². The maximum atomic E-state index is 9.47. The topological polar surface area (TPSA) is 99.9 Å². The third-order valence-corrected chi connectivity index (χ3v) is 3.74. The molecule has 144 valence electrons. The predicted molar refractivity (Wildman–Crippen MR) is 109 cm³/mol. The van der Waals surface area contributed by atoms with Gasteiger partial charge in [0.2, 0.25) is 5.95 Å². The number of nitrogens with one attached hydrogen (secondary N) is 3. The van der Waals surface area contributed by atoms with E-state index in [-0.39, 0.29) is 6.04 Å². The third-order valence-electron chi connectivity index (χ3n) is 3.47. The van der Waals surface area contributed by atoms with Crippen molar-refractivity contribution in [1.29, 1.82) is 0 Å². The van der Waals surface area contributed by atoms with Gasteiger partial charge in [0.1, 0.15) is 11.3 Å². The molecule has 0 aliphatic heterocycles. The van der Waals surface area contributed by atoms with Gasteiger partial charge in [-0.15, -0.1) is 0 Å². The van der Waals surface area contributed by atoms with Crippen molar-refractivity contribution in [3.63, 3.8) is 0 Å². The summed E-state index contributed by atoms with van der Waals surface area (Å²) in [6.07, 6.45) is 9.46. The molecule has 2 rings (SSSR count). The van der Waals surface area contributed by atoms with Gasteiger partial charge >= 0.3 is 0 Å². The summed E-state index contributed by atoms with van der Waals surface area (Å²) in [5, 5.41) is 23.1. The van der Waals surface area contributed by atoms with Crippen LogP contribution >= 0.6 is 11.6 Å². The highest BCUT2D eigenvalue weighted by molar-refractivity contribution is 6.32. The molecule has 0 aliphatic carbocycles. The number of aryl methyl sites for hydroxylation is 1. The number of anilines is 3. The molecule has 2 aromatic heterocycles. The van der Waals surface area contributed by atoms with Gasteiger partial charge in [-0.3, -0.25) is 10.00 Å². The van der Waals surface area contributed by atoms with Gasteiger partial charge < -0.3 is 15.7 Å². The van der Waals surface area contributed by atoms with E-state index in [2.05, 4.69) is 44.2 Å². The summed E-state index contributed by atoms with van der Waals surface area (Å²) in [4.78, 5) is 8.53. The van der Waals surface area contributed by atoms with Gasteiger partial charge in [-0.25, -0.2) is 4.98 Å². The van der Waals surface area contributed by atoms with Crippen LogP contribution in [0, 0.1) is 0 Å². The van der Waals surface area contributed by atoms with E-state index in [0.29, 0.717) is 23.3 Å². The summed E-state index contributed by atoms with van der Waals surface area (Å²) in [5.41, 5.74) is 1.61. The molecule has 27 heavy (non-hydrogen) atoms. The van der Waals surface area contributed by atoms with Gasteiger partial charge in [-0.1, -0.05) is 36.9 Å². The molecule has 2 heterocycles. The minimum Gasteiger partial charge on any atom is -0.375 e. The maximum absolute atomic E-state index is 9.47. The Balaban J connectivity index is 1.91. The average molecular weight is 390 g/mol. The van der Waals surface area contributed by atoms with E-state index in [4.69, 9.17) is 11.6 Å². The van der Waals surface area contributed by atoms with E-state index in [1.54, 1.807) is 10.9 Å². The van der Waals surface area contributed by atoms with Gasteiger partial charge in [0.05, 0.1) is 18.1 Å². The molecule has 0 amide bonds. The van der Waals surface area contributed by atoms with Crippen LogP contribution < -0.4 is 16.0 Å². The Morgan fingerprint density at radius 1 is 1.44 bits per heavy atom. The summed E-state index contributed by atoms with van der Waals surface area (Å²) in [6, 6.07) is -0.0346. The lowest BCUT2D eigenvalue weighted by Gasteiger charge is -2.13. The van der Waals surface area contributed by atoms with Crippen molar-refractivity contribution in [1.82, 2.24) is 25.1 Å². The Kier molecular flexibility index (Phi) is 7.54. The highest BCUT2D eigenvalue weighted by Crippen LogP contribution is 2.21. The molecule has 0 aliphatic rings. The lowest BCUT2D eigenvalue weighted by atomic mass is 10.2. The number of hydrogen-bond acceptors (Lipinski definition) is 7. The van der Waals surface area contributed by atoms with E-state index in [1.807, 2.05) is 32.3 Å². The molecule has 0 radical (unpaired) electrons. The van der Waals surface area contributed by atoms with Crippen molar-refractivity contribution in [3.05, 3.63) is 60.6 Å². The normalized spacial score (nSPS) is 13.3. The molecule has 2 unspecified atom stereocenters. The lowest BCUT2D eigenvalue weighted by Crippen LogP contribution is -2.33. The SMILES string of the molecule is C=CC(O)NC(C)/C=C\C(=C)CNc1nc(Nc2cnn(C)c2)ncc1Cl. The molecular formula is C18H24ClN7O. The standard InChI is InChI=1S/C18H24ClN7O/c1-5-16(27)23-13(3)7-6-12(2)8-20-17-15(19)10-21-18(25-17)24-14-9-22-26(4)11-14/h5-7,9-11,13,16,23,27H,1-2,8H2,3-4H3,(H2,20,21,24,25)/b7-6-. The van der Waals surface area contributed by atoms with Crippen molar-refractivity contribution in [2.45, 2.75) is 19.2 Å². The summed E-state index contributed by atoms with van der Waals surface area (Å²) in [6.45, 7) is 9.88. The van der Waals surface area contributed by atoms with E-state index in [1.165, 1.54) is 12.3 Å². The molecule has 0 bridgehead atoms. The molecule has 2 atom stereocenters. The number of nitrogens with zero attached hydrogens (tertiary/aromatic N) is 4. The molecule has 9 heteroatoms. The lowest BCUT2D eigenvalue weighted by molar-refractivity contribution is 0.178. The van der Waals surface area contributed by atoms with Crippen LogP contribution in [0.5, 0.6) is 0 Å². The second-order valence-electron chi connectivity index (χ2n) is 5.92. The van der Waals surface area contributed by atoms with E-state index >= 15 is 0 Å². The molecule has 2 aromatic rings. The zero-order valence-electron chi connectivity index (χ0n) is 15.4. The Hall–Kier alpha value is -2.68. The first kappa shape index (κ1) is 20.6. The second kappa shape index (κ2) is 9.86. The Bertz CT molecular complexity index is 818. The van der Waals surface area contributed by atoms with Crippen molar-refractivity contribution >= 4 is 29.1 Å². The van der Waals surface area contributed by atoms with Gasteiger partial charge in [0.15, 0.2) is 5.82 Å². The number of rotatable bonds is 10. The first-order valence-electron chi connectivity index (χ1n) is 8.32. The summed E-state index contributed by atoms with van der Waals surface area (Å²) in [5.74, 6) is 0.910. The first-order chi connectivity index (χ1) is 12.9. The molecule has 4 N–H and O–H groups in total. The van der Waals surface area contributed by atoms with E-state index in [0.717, 1.165) is 11.3 Å². The fourth-order valence-corrected chi connectivity index (χ4v) is 2.25. The summed E-state index contributed by atoms with van der Waals surface area (Å²) in [7, 11) is 1.83. The Labute approximate surface area is 163 Å². The van der Waals surface area contributed by atoms with Crippen LogP contribution in [0.3, 0.4) is 0 Å². The summed E-state index contributed by atoms with van der Waals surface area (Å²) >= 11 is 6.16. The highest BCUT2D eigenvalue weighted by atomic mass is 35.5. The van der Waals surface area contributed by atoms with Crippen LogP contribution in [0.15, 0.2) is 55.5 Å². The van der Waals surface area contributed by atoms with Crippen molar-refractivity contribution < 1.29 is 5.11 Å². The van der Waals surface area contributed by atoms with Gasteiger partial charge in [0.25, 0.3) is 0 Å². The van der Waals surface area contributed by atoms with Gasteiger partial charge in [-0.05, 0) is 18.6 Å². The smallest absolute Gasteiger partial charge is 0.229 e. The predicted octanol–water partition coefficient (Wildman–Crippen LogP) is 2.61.